The molecule has 0 saturated heterocycles. The van der Waals surface area contributed by atoms with Crippen molar-refractivity contribution in [3.63, 3.8) is 0 Å². The van der Waals surface area contributed by atoms with Crippen molar-refractivity contribution in [1.82, 2.24) is 0 Å². The minimum Gasteiger partial charge on any atom is -0.504 e. The molecule has 2 nitrogen and oxygen atoms in total. The maximum Gasteiger partial charge on any atom is 0.161 e. The highest BCUT2D eigenvalue weighted by Gasteiger charge is 2.15. The molecule has 0 amide bonds. The number of aryl methyl sites for hydroxylation is 2. The van der Waals surface area contributed by atoms with Gasteiger partial charge in [0.05, 0.1) is 0 Å². The summed E-state index contributed by atoms with van der Waals surface area (Å²) in [7, 11) is 0. The predicted octanol–water partition coefficient (Wildman–Crippen LogP) is 5.13. The average molecular weight is 278 g/mol. The molecule has 20 heavy (non-hydrogen) atoms. The Morgan fingerprint density at radius 3 is 1.90 bits per heavy atom. The van der Waals surface area contributed by atoms with Gasteiger partial charge in [0, 0.05) is 5.56 Å². The van der Waals surface area contributed by atoms with Crippen LogP contribution in [0.4, 0.5) is 0 Å². The van der Waals surface area contributed by atoms with Crippen molar-refractivity contribution in [2.45, 2.75) is 78.6 Å². The van der Waals surface area contributed by atoms with E-state index in [0.29, 0.717) is 0 Å². The number of hydrogen-bond acceptors (Lipinski definition) is 2. The van der Waals surface area contributed by atoms with E-state index in [9.17, 15) is 10.2 Å². The topological polar surface area (TPSA) is 40.5 Å². The van der Waals surface area contributed by atoms with E-state index in [-0.39, 0.29) is 11.5 Å². The fourth-order valence-electron chi connectivity index (χ4n) is 2.72. The SMILES string of the molecule is CCCCCc1cc(CC)c(CCCCC)c(O)c1O. The lowest BCUT2D eigenvalue weighted by Gasteiger charge is -2.15. The molecule has 0 fully saturated rings. The van der Waals surface area contributed by atoms with Crippen LogP contribution in [0.1, 0.15) is 76.0 Å². The van der Waals surface area contributed by atoms with Gasteiger partial charge in [-0.25, -0.2) is 0 Å². The molecule has 2 N–H and O–H groups in total. The zero-order valence-corrected chi connectivity index (χ0v) is 13.3. The molecule has 0 aliphatic carbocycles. The number of benzene rings is 1. The number of aromatic hydroxyl groups is 2. The van der Waals surface area contributed by atoms with Gasteiger partial charge in [-0.3, -0.25) is 0 Å². The fraction of sp³-hybridized carbons (Fsp3) is 0.667. The molecular formula is C18H30O2. The maximum absolute atomic E-state index is 10.3. The first-order valence-corrected chi connectivity index (χ1v) is 8.21. The van der Waals surface area contributed by atoms with E-state index in [4.69, 9.17) is 0 Å². The van der Waals surface area contributed by atoms with Crippen molar-refractivity contribution >= 4 is 0 Å². The van der Waals surface area contributed by atoms with Gasteiger partial charge in [-0.05, 0) is 43.2 Å². The highest BCUT2D eigenvalue weighted by atomic mass is 16.3. The van der Waals surface area contributed by atoms with Gasteiger partial charge in [-0.1, -0.05) is 52.5 Å². The lowest BCUT2D eigenvalue weighted by atomic mass is 9.93. The Bertz CT molecular complexity index is 410. The fourth-order valence-corrected chi connectivity index (χ4v) is 2.72. The molecule has 0 heterocycles. The quantitative estimate of drug-likeness (QED) is 0.486. The van der Waals surface area contributed by atoms with Gasteiger partial charge in [-0.15, -0.1) is 0 Å². The van der Waals surface area contributed by atoms with Gasteiger partial charge in [0.1, 0.15) is 0 Å². The first kappa shape index (κ1) is 16.9. The molecule has 0 aliphatic heterocycles. The summed E-state index contributed by atoms with van der Waals surface area (Å²) in [4.78, 5) is 0. The van der Waals surface area contributed by atoms with Gasteiger partial charge >= 0.3 is 0 Å². The van der Waals surface area contributed by atoms with Crippen LogP contribution in [0.5, 0.6) is 11.5 Å². The van der Waals surface area contributed by atoms with Gasteiger partial charge in [0.2, 0.25) is 0 Å². The summed E-state index contributed by atoms with van der Waals surface area (Å²) in [5.41, 5.74) is 3.06. The Balaban J connectivity index is 2.93. The molecule has 0 atom stereocenters. The molecule has 1 rings (SSSR count). The number of rotatable bonds is 9. The molecule has 0 spiro atoms. The third-order valence-corrected chi connectivity index (χ3v) is 4.01. The molecule has 0 aliphatic rings. The number of hydrogen-bond donors (Lipinski definition) is 2. The smallest absolute Gasteiger partial charge is 0.161 e. The lowest BCUT2D eigenvalue weighted by molar-refractivity contribution is 0.393. The summed E-state index contributed by atoms with van der Waals surface area (Å²) in [6, 6.07) is 2.10. The number of unbranched alkanes of at least 4 members (excludes halogenated alkanes) is 4. The van der Waals surface area contributed by atoms with Crippen molar-refractivity contribution in [1.29, 1.82) is 0 Å². The zero-order chi connectivity index (χ0) is 15.0. The zero-order valence-electron chi connectivity index (χ0n) is 13.3. The molecular weight excluding hydrogens is 248 g/mol. The van der Waals surface area contributed by atoms with Crippen molar-refractivity contribution in [3.05, 3.63) is 22.8 Å². The van der Waals surface area contributed by atoms with Crippen LogP contribution in [-0.2, 0) is 19.3 Å². The van der Waals surface area contributed by atoms with Crippen molar-refractivity contribution in [2.24, 2.45) is 0 Å². The van der Waals surface area contributed by atoms with E-state index in [1.54, 1.807) is 0 Å². The van der Waals surface area contributed by atoms with Crippen LogP contribution < -0.4 is 0 Å². The van der Waals surface area contributed by atoms with E-state index in [0.717, 1.165) is 43.2 Å². The van der Waals surface area contributed by atoms with Gasteiger partial charge in [0.25, 0.3) is 0 Å². The van der Waals surface area contributed by atoms with E-state index in [2.05, 4.69) is 26.8 Å². The van der Waals surface area contributed by atoms with Gasteiger partial charge in [0.15, 0.2) is 11.5 Å². The third kappa shape index (κ3) is 4.43. The summed E-state index contributed by atoms with van der Waals surface area (Å²) in [6.45, 7) is 6.46. The van der Waals surface area contributed by atoms with Crippen LogP contribution in [0.15, 0.2) is 6.07 Å². The lowest BCUT2D eigenvalue weighted by Crippen LogP contribution is -1.98. The molecule has 1 aromatic carbocycles. The van der Waals surface area contributed by atoms with E-state index >= 15 is 0 Å². The van der Waals surface area contributed by atoms with Crippen molar-refractivity contribution in [2.75, 3.05) is 0 Å². The van der Waals surface area contributed by atoms with Crippen LogP contribution in [0.3, 0.4) is 0 Å². The molecule has 114 valence electrons. The Kier molecular flexibility index (Phi) is 7.50. The standard InChI is InChI=1S/C18H30O2/c1-4-7-9-11-15-13-14(6-3)16(12-10-8-5-2)18(20)17(15)19/h13,19-20H,4-12H2,1-3H3. The molecule has 0 bridgehead atoms. The second kappa shape index (κ2) is 8.89. The number of phenols is 2. The Morgan fingerprint density at radius 1 is 0.750 bits per heavy atom. The average Bonchev–Trinajstić information content (AvgIpc) is 2.46. The van der Waals surface area contributed by atoms with Crippen LogP contribution in [0.25, 0.3) is 0 Å². The van der Waals surface area contributed by atoms with Crippen LogP contribution in [0, 0.1) is 0 Å². The summed E-state index contributed by atoms with van der Waals surface area (Å²) in [5, 5.41) is 20.5. The van der Waals surface area contributed by atoms with Crippen LogP contribution >= 0.6 is 0 Å². The monoisotopic (exact) mass is 278 g/mol. The van der Waals surface area contributed by atoms with Crippen LogP contribution in [0.2, 0.25) is 0 Å². The summed E-state index contributed by atoms with van der Waals surface area (Å²) in [6.07, 6.45) is 9.46. The minimum atomic E-state index is 0.116. The normalized spacial score (nSPS) is 10.9. The Hall–Kier alpha value is -1.18. The summed E-state index contributed by atoms with van der Waals surface area (Å²) >= 11 is 0. The Labute approximate surface area is 123 Å². The van der Waals surface area contributed by atoms with E-state index < -0.39 is 0 Å². The first-order chi connectivity index (χ1) is 9.65. The molecule has 2 heteroatoms. The van der Waals surface area contributed by atoms with E-state index in [1.807, 2.05) is 0 Å². The molecule has 0 aromatic heterocycles. The Morgan fingerprint density at radius 2 is 1.35 bits per heavy atom. The predicted molar refractivity (Wildman–Crippen MR) is 85.6 cm³/mol. The van der Waals surface area contributed by atoms with E-state index in [1.165, 1.54) is 31.2 Å². The second-order valence-electron chi connectivity index (χ2n) is 5.64. The highest BCUT2D eigenvalue weighted by Crippen LogP contribution is 2.37. The highest BCUT2D eigenvalue weighted by molar-refractivity contribution is 5.54. The van der Waals surface area contributed by atoms with Crippen LogP contribution in [-0.4, -0.2) is 10.2 Å². The second-order valence-corrected chi connectivity index (χ2v) is 5.64. The maximum atomic E-state index is 10.3. The molecule has 1 aromatic rings. The number of phenolic OH excluding ortho intramolecular Hbond substituents is 2. The third-order valence-electron chi connectivity index (χ3n) is 4.01. The summed E-state index contributed by atoms with van der Waals surface area (Å²) < 4.78 is 0. The first-order valence-electron chi connectivity index (χ1n) is 8.21. The van der Waals surface area contributed by atoms with Gasteiger partial charge in [-0.2, -0.15) is 0 Å². The minimum absolute atomic E-state index is 0.116. The summed E-state index contributed by atoms with van der Waals surface area (Å²) in [5.74, 6) is 0.247. The molecule has 0 unspecified atom stereocenters. The van der Waals surface area contributed by atoms with Crippen molar-refractivity contribution in [3.8, 4) is 11.5 Å². The molecule has 0 saturated carbocycles. The van der Waals surface area contributed by atoms with Gasteiger partial charge < -0.3 is 10.2 Å². The van der Waals surface area contributed by atoms with Crippen molar-refractivity contribution < 1.29 is 10.2 Å². The molecule has 0 radical (unpaired) electrons. The largest absolute Gasteiger partial charge is 0.504 e.